The largest absolute Gasteiger partial charge is 0.506 e. The second kappa shape index (κ2) is 8.82. The second-order valence-corrected chi connectivity index (χ2v) is 11.6. The van der Waals surface area contributed by atoms with Crippen LogP contribution in [0.25, 0.3) is 0 Å². The van der Waals surface area contributed by atoms with Crippen molar-refractivity contribution in [1.29, 1.82) is 0 Å². The summed E-state index contributed by atoms with van der Waals surface area (Å²) in [6.45, 7) is 5.98. The third kappa shape index (κ3) is 4.64. The van der Waals surface area contributed by atoms with Gasteiger partial charge in [0.25, 0.3) is 0 Å². The number of amides is 1. The zero-order valence-electron chi connectivity index (χ0n) is 20.7. The molecule has 0 radical (unpaired) electrons. The zero-order valence-corrected chi connectivity index (χ0v) is 20.7. The molecule has 2 atom stereocenters. The van der Waals surface area contributed by atoms with Crippen LogP contribution in [0.1, 0.15) is 51.5 Å². The first-order valence-corrected chi connectivity index (χ1v) is 12.8. The van der Waals surface area contributed by atoms with E-state index in [0.717, 1.165) is 25.3 Å². The molecule has 1 aliphatic heterocycles. The number of hydrogen-bond donors (Lipinski definition) is 2. The Bertz CT molecular complexity index is 1010. The molecule has 2 N–H and O–H groups in total. The summed E-state index contributed by atoms with van der Waals surface area (Å²) in [5, 5.41) is 12.5. The van der Waals surface area contributed by atoms with Crippen LogP contribution in [0.4, 0.5) is 23.7 Å². The second-order valence-electron chi connectivity index (χ2n) is 11.6. The van der Waals surface area contributed by atoms with Crippen molar-refractivity contribution in [3.05, 3.63) is 29.8 Å². The minimum absolute atomic E-state index is 0.0187. The number of anilines is 1. The molecule has 1 aromatic carbocycles. The van der Waals surface area contributed by atoms with Crippen LogP contribution in [-0.2, 0) is 15.7 Å². The summed E-state index contributed by atoms with van der Waals surface area (Å²) in [7, 11) is 0. The van der Waals surface area contributed by atoms with E-state index >= 15 is 0 Å². The molecule has 2 unspecified atom stereocenters. The van der Waals surface area contributed by atoms with Gasteiger partial charge in [-0.25, -0.2) is 4.79 Å². The molecule has 7 nitrogen and oxygen atoms in total. The van der Waals surface area contributed by atoms with Gasteiger partial charge >= 0.3 is 12.3 Å². The Labute approximate surface area is 209 Å². The highest BCUT2D eigenvalue weighted by Gasteiger charge is 2.58. The first-order valence-electron chi connectivity index (χ1n) is 12.8. The molecule has 198 valence electrons. The topological polar surface area (TPSA) is 82.1 Å². The number of hydrogen-bond acceptors (Lipinski definition) is 5. The van der Waals surface area contributed by atoms with Crippen molar-refractivity contribution in [2.24, 2.45) is 17.8 Å². The van der Waals surface area contributed by atoms with Crippen molar-refractivity contribution in [1.82, 2.24) is 10.2 Å². The quantitative estimate of drug-likeness (QED) is 0.574. The van der Waals surface area contributed by atoms with E-state index in [-0.39, 0.29) is 23.8 Å². The van der Waals surface area contributed by atoms with Gasteiger partial charge in [-0.3, -0.25) is 9.69 Å². The van der Waals surface area contributed by atoms with E-state index < -0.39 is 29.0 Å². The standard InChI is InChI=1S/C26H34F3N3O4/c1-24(2,32-8-6-31(7-9-32)20-5-3-4-19(12-20)26(27,28)29)22(33)30-21-17-10-16-11-18(21)15-25(13-16,14-17)36-23(34)35/h3-5,12,16-18,21H,6-11,13-15H2,1-2H3,(H,30,33)(H,34,35). The maximum absolute atomic E-state index is 13.5. The predicted octanol–water partition coefficient (Wildman–Crippen LogP) is 4.36. The minimum Gasteiger partial charge on any atom is -0.450 e. The van der Waals surface area contributed by atoms with Crippen LogP contribution in [0.15, 0.2) is 24.3 Å². The van der Waals surface area contributed by atoms with Crippen LogP contribution in [0.3, 0.4) is 0 Å². The number of nitrogens with one attached hydrogen (secondary N) is 1. The lowest BCUT2D eigenvalue weighted by Gasteiger charge is -2.59. The van der Waals surface area contributed by atoms with Gasteiger partial charge in [0.2, 0.25) is 5.91 Å². The lowest BCUT2D eigenvalue weighted by atomic mass is 9.52. The number of halogens is 3. The van der Waals surface area contributed by atoms with Crippen molar-refractivity contribution >= 4 is 17.7 Å². The number of nitrogens with zero attached hydrogens (tertiary/aromatic N) is 2. The Kier molecular flexibility index (Phi) is 6.16. The summed E-state index contributed by atoms with van der Waals surface area (Å²) >= 11 is 0. The summed E-state index contributed by atoms with van der Waals surface area (Å²) in [5.74, 6) is 0.828. The monoisotopic (exact) mass is 509 g/mol. The average molecular weight is 510 g/mol. The fourth-order valence-corrected chi connectivity index (χ4v) is 7.37. The predicted molar refractivity (Wildman–Crippen MR) is 127 cm³/mol. The van der Waals surface area contributed by atoms with Gasteiger partial charge in [-0.05, 0) is 81.9 Å². The molecule has 10 heteroatoms. The van der Waals surface area contributed by atoms with Gasteiger partial charge < -0.3 is 20.1 Å². The normalized spacial score (nSPS) is 32.4. The van der Waals surface area contributed by atoms with E-state index in [2.05, 4.69) is 10.2 Å². The van der Waals surface area contributed by atoms with Gasteiger partial charge in [-0.1, -0.05) is 6.07 Å². The Morgan fingerprint density at radius 2 is 1.69 bits per heavy atom. The summed E-state index contributed by atoms with van der Waals surface area (Å²) in [5.41, 5.74) is -1.49. The number of ether oxygens (including phenoxy) is 1. The summed E-state index contributed by atoms with van der Waals surface area (Å²) in [6, 6.07) is 5.40. The zero-order chi connectivity index (χ0) is 25.9. The number of rotatable bonds is 5. The molecule has 4 saturated carbocycles. The molecule has 1 saturated heterocycles. The fraction of sp³-hybridized carbons (Fsp3) is 0.692. The van der Waals surface area contributed by atoms with Gasteiger partial charge in [0.15, 0.2) is 0 Å². The van der Waals surface area contributed by atoms with Crippen LogP contribution in [-0.4, -0.2) is 65.4 Å². The lowest BCUT2D eigenvalue weighted by Crippen LogP contribution is -2.66. The number of benzene rings is 1. The van der Waals surface area contributed by atoms with Crippen LogP contribution < -0.4 is 10.2 Å². The Morgan fingerprint density at radius 1 is 1.06 bits per heavy atom. The first-order chi connectivity index (χ1) is 16.9. The highest BCUT2D eigenvalue weighted by molar-refractivity contribution is 5.85. The Balaban J connectivity index is 1.20. The van der Waals surface area contributed by atoms with Gasteiger partial charge in [-0.2, -0.15) is 13.2 Å². The van der Waals surface area contributed by atoms with Crippen LogP contribution >= 0.6 is 0 Å². The highest BCUT2D eigenvalue weighted by Crippen LogP contribution is 2.57. The van der Waals surface area contributed by atoms with Gasteiger partial charge in [0.1, 0.15) is 5.60 Å². The molecule has 5 aliphatic rings. The third-order valence-corrected chi connectivity index (χ3v) is 8.98. The maximum atomic E-state index is 13.5. The van der Waals surface area contributed by atoms with Gasteiger partial charge in [-0.15, -0.1) is 0 Å². The molecule has 1 amide bonds. The Morgan fingerprint density at radius 3 is 2.28 bits per heavy atom. The SMILES string of the molecule is CC(C)(C(=O)NC1C2CC3CC1CC(OC(=O)O)(C3)C2)N1CCN(c2cccc(C(F)(F)F)c2)CC1. The molecule has 0 spiro atoms. The van der Waals surface area contributed by atoms with Crippen molar-refractivity contribution in [3.63, 3.8) is 0 Å². The van der Waals surface area contributed by atoms with E-state index in [1.165, 1.54) is 12.1 Å². The molecular formula is C26H34F3N3O4. The van der Waals surface area contributed by atoms with Crippen molar-refractivity contribution < 1.29 is 32.6 Å². The lowest BCUT2D eigenvalue weighted by molar-refractivity contribution is -0.157. The Hall–Kier alpha value is -2.49. The summed E-state index contributed by atoms with van der Waals surface area (Å²) in [4.78, 5) is 28.8. The number of piperazine rings is 1. The molecule has 4 aliphatic carbocycles. The van der Waals surface area contributed by atoms with E-state index in [9.17, 15) is 27.9 Å². The number of carbonyl (C=O) groups is 2. The molecule has 4 bridgehead atoms. The van der Waals surface area contributed by atoms with E-state index in [0.29, 0.717) is 50.6 Å². The number of carboxylic acid groups (broad SMARTS) is 1. The van der Waals surface area contributed by atoms with Gasteiger partial charge in [0.05, 0.1) is 11.1 Å². The van der Waals surface area contributed by atoms with Crippen molar-refractivity contribution in [3.8, 4) is 0 Å². The van der Waals surface area contributed by atoms with Gasteiger partial charge in [0, 0.05) is 37.9 Å². The van der Waals surface area contributed by atoms with E-state index in [4.69, 9.17) is 4.74 Å². The van der Waals surface area contributed by atoms with Crippen molar-refractivity contribution in [2.45, 2.75) is 69.3 Å². The fourth-order valence-electron chi connectivity index (χ4n) is 7.37. The van der Waals surface area contributed by atoms with Crippen LogP contribution in [0.2, 0.25) is 0 Å². The molecule has 1 aromatic rings. The smallest absolute Gasteiger partial charge is 0.450 e. The minimum atomic E-state index is -4.38. The average Bonchev–Trinajstić information content (AvgIpc) is 2.79. The highest BCUT2D eigenvalue weighted by atomic mass is 19.4. The summed E-state index contributed by atoms with van der Waals surface area (Å²) in [6.07, 6.45) is -1.52. The molecule has 36 heavy (non-hydrogen) atoms. The van der Waals surface area contributed by atoms with Crippen LogP contribution in [0, 0.1) is 17.8 Å². The van der Waals surface area contributed by atoms with E-state index in [1.807, 2.05) is 18.7 Å². The molecule has 5 fully saturated rings. The first kappa shape index (κ1) is 25.2. The van der Waals surface area contributed by atoms with Crippen molar-refractivity contribution in [2.75, 3.05) is 31.1 Å². The molecule has 0 aromatic heterocycles. The molecule has 1 heterocycles. The maximum Gasteiger partial charge on any atom is 0.506 e. The summed E-state index contributed by atoms with van der Waals surface area (Å²) < 4.78 is 44.7. The number of alkyl halides is 3. The third-order valence-electron chi connectivity index (χ3n) is 8.98. The van der Waals surface area contributed by atoms with E-state index in [1.54, 1.807) is 6.07 Å². The molecule has 6 rings (SSSR count). The molecular weight excluding hydrogens is 475 g/mol. The number of carbonyl (C=O) groups excluding carboxylic acids is 1. The van der Waals surface area contributed by atoms with Crippen LogP contribution in [0.5, 0.6) is 0 Å².